The number of nitrogens with zero attached hydrogens (tertiary/aromatic N) is 8. The van der Waals surface area contributed by atoms with Crippen molar-refractivity contribution in [3.05, 3.63) is 136 Å². The second-order valence-corrected chi connectivity index (χ2v) is 11.6. The minimum Gasteiger partial charge on any atom is -0.412 e. The van der Waals surface area contributed by atoms with E-state index >= 15 is 0 Å². The van der Waals surface area contributed by atoms with Crippen molar-refractivity contribution < 1.29 is 20.8 Å². The summed E-state index contributed by atoms with van der Waals surface area (Å²) in [5.74, 6) is 0. The van der Waals surface area contributed by atoms with E-state index in [1.165, 1.54) is 0 Å². The van der Waals surface area contributed by atoms with E-state index in [9.17, 15) is 5.11 Å². The maximum Gasteiger partial charge on any atom is 2.00 e. The Morgan fingerprint density at radius 1 is 0.608 bits per heavy atom. The minimum absolute atomic E-state index is 0. The monoisotopic (exact) mass is 954 g/mol. The van der Waals surface area contributed by atoms with Gasteiger partial charge in [0.25, 0.3) is 0 Å². The van der Waals surface area contributed by atoms with Gasteiger partial charge in [0.05, 0.1) is 32.6 Å². The van der Waals surface area contributed by atoms with Gasteiger partial charge in [-0.25, -0.2) is 29.9 Å². The summed E-state index contributed by atoms with van der Waals surface area (Å²) in [5.41, 5.74) is 5.46. The number of aromatic nitrogens is 6. The minimum atomic E-state index is -1.82. The molecule has 0 spiro atoms. The summed E-state index contributed by atoms with van der Waals surface area (Å²) in [7, 11) is 0. The molecule has 3 N–H and O–H groups in total. The summed E-state index contributed by atoms with van der Waals surface area (Å²) in [6.45, 7) is 9.86. The molecule has 0 fully saturated rings. The molecule has 6 heterocycles. The van der Waals surface area contributed by atoms with Crippen LogP contribution in [0.4, 0.5) is 0 Å². The molecule has 0 saturated heterocycles. The van der Waals surface area contributed by atoms with Gasteiger partial charge in [0, 0.05) is 27.5 Å². The van der Waals surface area contributed by atoms with Gasteiger partial charge in [0.2, 0.25) is 0 Å². The molecule has 6 rings (SSSR count). The van der Waals surface area contributed by atoms with Crippen LogP contribution in [0.3, 0.4) is 0 Å². The average Bonchev–Trinajstić information content (AvgIpc) is 2.99. The Labute approximate surface area is 325 Å². The number of rotatable bonds is 3. The van der Waals surface area contributed by atoms with Crippen molar-refractivity contribution in [1.29, 1.82) is 0 Å². The first-order chi connectivity index (χ1) is 23.0. The quantitative estimate of drug-likeness (QED) is 0.0731. The van der Waals surface area contributed by atoms with Crippen molar-refractivity contribution in [2.75, 3.05) is 5.34 Å². The molecule has 20 heteroatoms. The van der Waals surface area contributed by atoms with Gasteiger partial charge in [0.1, 0.15) is 5.15 Å². The van der Waals surface area contributed by atoms with Crippen LogP contribution in [0.1, 0.15) is 45.2 Å². The number of halogens is 3. The fourth-order valence-electron chi connectivity index (χ4n) is 5.09. The summed E-state index contributed by atoms with van der Waals surface area (Å²) in [6, 6.07) is 17.0. The summed E-state index contributed by atoms with van der Waals surface area (Å²) in [5, 5.41) is 45.4. The largest absolute Gasteiger partial charge is 2.00 e. The molecule has 0 aliphatic heterocycles. The zero-order valence-corrected chi connectivity index (χ0v) is 33.7. The Hall–Kier alpha value is -4.21. The first-order valence-electron chi connectivity index (χ1n) is 13.9. The van der Waals surface area contributed by atoms with Gasteiger partial charge in [-0.3, -0.25) is 0 Å². The molecular formula is C31H29Cl3N8O8Pb. The van der Waals surface area contributed by atoms with Crippen LogP contribution >= 0.6 is 34.8 Å². The van der Waals surface area contributed by atoms with Crippen LogP contribution in [-0.2, 0) is 5.60 Å². The topological polar surface area (TPSA) is 261 Å². The van der Waals surface area contributed by atoms with E-state index in [4.69, 9.17) is 80.4 Å². The third kappa shape index (κ3) is 11.1. The molecule has 51 heavy (non-hydrogen) atoms. The van der Waals surface area contributed by atoms with Gasteiger partial charge in [-0.1, -0.05) is 11.6 Å². The van der Waals surface area contributed by atoms with Gasteiger partial charge >= 0.3 is 27.3 Å². The van der Waals surface area contributed by atoms with E-state index in [-0.39, 0.29) is 38.1 Å². The van der Waals surface area contributed by atoms with Crippen molar-refractivity contribution >= 4 is 95.2 Å². The third-order valence-corrected chi connectivity index (χ3v) is 7.18. The number of hydrogen-bond donors (Lipinski definition) is 1. The van der Waals surface area contributed by atoms with Gasteiger partial charge in [-0.15, -0.1) is 23.2 Å². The van der Waals surface area contributed by atoms with Crippen molar-refractivity contribution in [2.45, 2.75) is 40.2 Å². The molecule has 6 aromatic heterocycles. The fraction of sp³-hybridized carbons (Fsp3) is 0.226. The second kappa shape index (κ2) is 19.4. The summed E-state index contributed by atoms with van der Waals surface area (Å²) in [4.78, 5) is 44.7. The first-order valence-corrected chi connectivity index (χ1v) is 15.4. The number of aryl methyl sites for hydroxylation is 5. The summed E-state index contributed by atoms with van der Waals surface area (Å²) >= 11 is 15.7. The molecule has 0 bridgehead atoms. The molecule has 0 amide bonds. The summed E-state index contributed by atoms with van der Waals surface area (Å²) in [6.07, 6.45) is 0. The first kappa shape index (κ1) is 44.8. The molecule has 0 unspecified atom stereocenters. The van der Waals surface area contributed by atoms with Crippen LogP contribution in [0.25, 0.3) is 33.1 Å². The Kier molecular flexibility index (Phi) is 17.1. The van der Waals surface area contributed by atoms with Crippen LogP contribution < -0.4 is 0 Å². The zero-order chi connectivity index (χ0) is 36.6. The Morgan fingerprint density at radius 2 is 0.922 bits per heavy atom. The summed E-state index contributed by atoms with van der Waals surface area (Å²) < 4.78 is 0. The SMILES string of the molecule is Cc1cc(C)c2ccc(C(O)(c3ccc4c(C)cc(C)nc4n3)c3cc(C)c4ccc(Cl)nc4n3)nc2n1.ClCCl.O.O=[N+]([O-])[O-].O=[N+]([O-])[O-].[Pb+2]. The number of alkyl halides is 2. The van der Waals surface area contributed by atoms with Crippen LogP contribution in [0, 0.1) is 65.3 Å². The Balaban J connectivity index is 0.000000887. The van der Waals surface area contributed by atoms with Crippen LogP contribution in [-0.4, -0.2) is 83.3 Å². The number of aliphatic hydroxyl groups is 1. The van der Waals surface area contributed by atoms with Crippen LogP contribution in [0.15, 0.2) is 54.6 Å². The van der Waals surface area contributed by atoms with Crippen molar-refractivity contribution in [3.8, 4) is 0 Å². The Morgan fingerprint density at radius 3 is 1.31 bits per heavy atom. The molecule has 266 valence electrons. The van der Waals surface area contributed by atoms with E-state index in [0.717, 1.165) is 44.2 Å². The van der Waals surface area contributed by atoms with Crippen molar-refractivity contribution in [1.82, 2.24) is 29.9 Å². The number of fused-ring (bicyclic) bond motifs is 3. The third-order valence-electron chi connectivity index (χ3n) is 6.97. The average molecular weight is 955 g/mol. The molecular weight excluding hydrogens is 926 g/mol. The molecule has 6 aromatic rings. The molecule has 16 nitrogen and oxygen atoms in total. The zero-order valence-electron chi connectivity index (χ0n) is 27.5. The van der Waals surface area contributed by atoms with E-state index < -0.39 is 15.8 Å². The van der Waals surface area contributed by atoms with E-state index in [0.29, 0.717) is 39.2 Å². The smallest absolute Gasteiger partial charge is 0.412 e. The maximum absolute atomic E-state index is 12.7. The second-order valence-electron chi connectivity index (χ2n) is 10.4. The maximum atomic E-state index is 12.7. The number of pyridine rings is 6. The van der Waals surface area contributed by atoms with Crippen molar-refractivity contribution in [3.63, 3.8) is 0 Å². The molecule has 0 atom stereocenters. The molecule has 0 aliphatic rings. The predicted octanol–water partition coefficient (Wildman–Crippen LogP) is 5.73. The molecule has 0 aliphatic carbocycles. The molecule has 0 aromatic carbocycles. The van der Waals surface area contributed by atoms with Crippen molar-refractivity contribution in [2.24, 2.45) is 0 Å². The van der Waals surface area contributed by atoms with Gasteiger partial charge in [0.15, 0.2) is 22.5 Å². The fourth-order valence-corrected chi connectivity index (χ4v) is 5.24. The van der Waals surface area contributed by atoms with E-state index in [2.05, 4.69) is 15.0 Å². The molecule has 0 saturated carbocycles. The van der Waals surface area contributed by atoms with E-state index in [1.54, 1.807) is 18.2 Å². The predicted molar refractivity (Wildman–Crippen MR) is 196 cm³/mol. The van der Waals surface area contributed by atoms with E-state index in [1.807, 2.05) is 71.0 Å². The molecule has 2 radical (unpaired) electrons. The normalized spacial score (nSPS) is 10.3. The van der Waals surface area contributed by atoms with Crippen LogP contribution in [0.2, 0.25) is 5.15 Å². The number of hydrogen-bond acceptors (Lipinski definition) is 13. The van der Waals surface area contributed by atoms with Gasteiger partial charge in [-0.05, 0) is 106 Å². The van der Waals surface area contributed by atoms with Crippen LogP contribution in [0.5, 0.6) is 0 Å². The Bertz CT molecular complexity index is 2070. The standard InChI is InChI=1S/C30H25ClN6O.CH2Cl2.2NO3.H2O.Pb/c1-15-12-18(4)32-27-20(15)6-9-23(34-27)30(38,24-10-7-21-16(2)13-19(5)33-28(21)35-24)25-14-17(3)22-8-11-26(31)37-29(22)36-25;2-1-3;2*2-1(3)4;;/h6-14,38H,1-5H3;1H2;;;1H2;/q;;2*-1;;+2. The van der Waals surface area contributed by atoms with Gasteiger partial charge < -0.3 is 41.2 Å². The van der Waals surface area contributed by atoms with Gasteiger partial charge in [-0.2, -0.15) is 0 Å².